The summed E-state index contributed by atoms with van der Waals surface area (Å²) >= 11 is 1.30. The molecule has 200 valence electrons. The van der Waals surface area contributed by atoms with E-state index in [1.165, 1.54) is 22.7 Å². The third-order valence-electron chi connectivity index (χ3n) is 6.81. The number of benzene rings is 1. The molecule has 1 aromatic carbocycles. The number of piperidine rings is 1. The van der Waals surface area contributed by atoms with Crippen LogP contribution in [0.1, 0.15) is 37.4 Å². The van der Waals surface area contributed by atoms with Crippen molar-refractivity contribution >= 4 is 41.0 Å². The van der Waals surface area contributed by atoms with Gasteiger partial charge in [0.2, 0.25) is 11.8 Å². The smallest absolute Gasteiger partial charge is 0.327 e. The van der Waals surface area contributed by atoms with Crippen LogP contribution in [-0.2, 0) is 9.59 Å². The van der Waals surface area contributed by atoms with Crippen LogP contribution in [-0.4, -0.2) is 69.4 Å². The maximum Gasteiger partial charge on any atom is 0.327 e. The number of aliphatic hydroxyl groups is 1. The largest absolute Gasteiger partial charge is 0.491 e. The fourth-order valence-electron chi connectivity index (χ4n) is 5.26. The lowest BCUT2D eigenvalue weighted by atomic mass is 9.98. The number of carbonyl (C=O) groups is 3. The van der Waals surface area contributed by atoms with Crippen LogP contribution in [0.5, 0.6) is 5.75 Å². The number of rotatable bonds is 6. The van der Waals surface area contributed by atoms with Crippen LogP contribution in [0.25, 0.3) is 0 Å². The highest BCUT2D eigenvalue weighted by Crippen LogP contribution is 2.51. The summed E-state index contributed by atoms with van der Waals surface area (Å²) in [6.07, 6.45) is 2.46. The van der Waals surface area contributed by atoms with Crippen molar-refractivity contribution in [2.75, 3.05) is 18.0 Å². The molecule has 0 radical (unpaired) electrons. The zero-order valence-electron chi connectivity index (χ0n) is 21.5. The van der Waals surface area contributed by atoms with E-state index in [4.69, 9.17) is 4.74 Å². The number of β-amino-alcohol motifs (C(OH)–C–C–N with tert-alkyl or cyclic N) is 1. The zero-order chi connectivity index (χ0) is 27.1. The lowest BCUT2D eigenvalue weighted by molar-refractivity contribution is -0.131. The number of hydrogen-bond acceptors (Lipinski definition) is 7. The molecule has 1 saturated heterocycles. The predicted octanol–water partition coefficient (Wildman–Crippen LogP) is 2.82. The quantitative estimate of drug-likeness (QED) is 0.484. The Morgan fingerprint density at radius 2 is 2.08 bits per heavy atom. The molecule has 3 aliphatic rings. The summed E-state index contributed by atoms with van der Waals surface area (Å²) in [6, 6.07) is 6.07. The highest BCUT2D eigenvalue weighted by molar-refractivity contribution is 8.01. The van der Waals surface area contributed by atoms with Gasteiger partial charge in [0.15, 0.2) is 0 Å². The molecule has 11 heteroatoms. The topological polar surface area (TPSA) is 124 Å². The number of carbonyl (C=O) groups excluding carboxylic acids is 3. The van der Waals surface area contributed by atoms with Crippen LogP contribution in [0.15, 0.2) is 48.1 Å². The maximum atomic E-state index is 13.5. The van der Waals surface area contributed by atoms with Gasteiger partial charge in [-0.05, 0) is 63.1 Å². The average molecular weight is 538 g/mol. The Labute approximate surface area is 225 Å². The van der Waals surface area contributed by atoms with Crippen molar-refractivity contribution < 1.29 is 24.2 Å². The monoisotopic (exact) mass is 537 g/mol. The van der Waals surface area contributed by atoms with Crippen LogP contribution in [0.4, 0.5) is 16.2 Å². The maximum absolute atomic E-state index is 13.5. The van der Waals surface area contributed by atoms with E-state index in [0.29, 0.717) is 22.8 Å². The number of nitrogens with one attached hydrogen (secondary N) is 2. The van der Waals surface area contributed by atoms with Crippen molar-refractivity contribution in [3.8, 4) is 5.75 Å². The third-order valence-corrected chi connectivity index (χ3v) is 8.10. The van der Waals surface area contributed by atoms with Crippen molar-refractivity contribution in [3.05, 3.63) is 54.2 Å². The Hall–Kier alpha value is -3.57. The van der Waals surface area contributed by atoms with Gasteiger partial charge in [-0.15, -0.1) is 0 Å². The van der Waals surface area contributed by atoms with Gasteiger partial charge in [0.05, 0.1) is 29.6 Å². The third kappa shape index (κ3) is 4.83. The van der Waals surface area contributed by atoms with E-state index in [1.54, 1.807) is 17.2 Å². The van der Waals surface area contributed by atoms with Gasteiger partial charge in [-0.3, -0.25) is 14.5 Å². The fraction of sp³-hybridized carbons (Fsp3) is 0.407. The Morgan fingerprint density at radius 3 is 2.79 bits per heavy atom. The molecule has 0 bridgehead atoms. The predicted molar refractivity (Wildman–Crippen MR) is 144 cm³/mol. The van der Waals surface area contributed by atoms with Gasteiger partial charge in [0.1, 0.15) is 16.0 Å². The minimum absolute atomic E-state index is 0.0327. The summed E-state index contributed by atoms with van der Waals surface area (Å²) in [4.78, 5) is 46.5. The molecule has 0 saturated carbocycles. The molecule has 3 aliphatic heterocycles. The molecular formula is C27H31N5O5S. The lowest BCUT2D eigenvalue weighted by Gasteiger charge is -2.37. The van der Waals surface area contributed by atoms with Gasteiger partial charge < -0.3 is 25.4 Å². The molecule has 2 unspecified atom stereocenters. The number of thioether (sulfide) groups is 1. The summed E-state index contributed by atoms with van der Waals surface area (Å²) < 4.78 is 5.80. The first kappa shape index (κ1) is 26.1. The van der Waals surface area contributed by atoms with Crippen LogP contribution in [0, 0.1) is 6.92 Å². The van der Waals surface area contributed by atoms with E-state index in [2.05, 4.69) is 22.2 Å². The molecule has 4 heterocycles. The first-order chi connectivity index (χ1) is 18.2. The Bertz CT molecular complexity index is 1300. The molecule has 3 N–H and O–H groups in total. The lowest BCUT2D eigenvalue weighted by Crippen LogP contribution is -2.56. The van der Waals surface area contributed by atoms with E-state index in [0.717, 1.165) is 16.9 Å². The van der Waals surface area contributed by atoms with Gasteiger partial charge in [0.25, 0.3) is 0 Å². The van der Waals surface area contributed by atoms with Gasteiger partial charge in [0, 0.05) is 30.9 Å². The summed E-state index contributed by atoms with van der Waals surface area (Å²) in [5.41, 5.74) is 3.07. The highest BCUT2D eigenvalue weighted by Gasteiger charge is 2.47. The standard InChI is InChI=1S/C27H31N5O5S/c1-5-21(34)31-12-16(11-17(33)13-31)29-25(35)24-23-22-20(8-9-28-26(22)38-24)32(27(36)30-23)19-7-6-18(10-15(19)4)37-14(2)3/h5-10,14,16-17,23-24,33H,1,11-13H2,2-4H3,(H,29,35)(H,30,36)/t16-,17-,23?,24?/m1/s1. The van der Waals surface area contributed by atoms with Crippen molar-refractivity contribution in [3.63, 3.8) is 0 Å². The number of urea groups is 1. The summed E-state index contributed by atoms with van der Waals surface area (Å²) in [5, 5.41) is 16.3. The number of likely N-dealkylation sites (tertiary alicyclic amines) is 1. The van der Waals surface area contributed by atoms with Crippen molar-refractivity contribution in [2.24, 2.45) is 0 Å². The molecule has 1 aromatic heterocycles. The number of anilines is 2. The van der Waals surface area contributed by atoms with Gasteiger partial charge in [-0.1, -0.05) is 18.3 Å². The van der Waals surface area contributed by atoms with Gasteiger partial charge in [-0.2, -0.15) is 0 Å². The number of nitrogens with zero attached hydrogens (tertiary/aromatic N) is 3. The van der Waals surface area contributed by atoms with Crippen molar-refractivity contribution in [2.45, 2.75) is 61.8 Å². The number of ether oxygens (including phenoxy) is 1. The number of pyridine rings is 1. The summed E-state index contributed by atoms with van der Waals surface area (Å²) in [7, 11) is 0. The molecule has 5 rings (SSSR count). The van der Waals surface area contributed by atoms with Gasteiger partial charge >= 0.3 is 6.03 Å². The molecule has 4 atom stereocenters. The number of aliphatic hydroxyl groups excluding tert-OH is 1. The number of aryl methyl sites for hydroxylation is 1. The molecule has 2 aromatic rings. The fourth-order valence-corrected chi connectivity index (χ4v) is 6.49. The van der Waals surface area contributed by atoms with Crippen LogP contribution < -0.4 is 20.3 Å². The van der Waals surface area contributed by atoms with Gasteiger partial charge in [-0.25, -0.2) is 9.78 Å². The van der Waals surface area contributed by atoms with Crippen molar-refractivity contribution in [1.29, 1.82) is 0 Å². The first-order valence-corrected chi connectivity index (χ1v) is 13.5. The normalized spacial score (nSPS) is 24.1. The summed E-state index contributed by atoms with van der Waals surface area (Å²) in [5.74, 6) is 0.150. The second-order valence-corrected chi connectivity index (χ2v) is 11.1. The van der Waals surface area contributed by atoms with Crippen LogP contribution in [0.2, 0.25) is 0 Å². The SMILES string of the molecule is C=CC(=O)N1C[C@H](O)C[C@@H](NC(=O)C2Sc3nccc4c3C2NC(=O)N4c2ccc(OC(C)C)cc2C)C1. The molecular weight excluding hydrogens is 506 g/mol. The van der Waals surface area contributed by atoms with Crippen molar-refractivity contribution in [1.82, 2.24) is 20.5 Å². The van der Waals surface area contributed by atoms with E-state index >= 15 is 0 Å². The Morgan fingerprint density at radius 1 is 1.29 bits per heavy atom. The van der Waals surface area contributed by atoms with Crippen LogP contribution in [0.3, 0.4) is 0 Å². The minimum Gasteiger partial charge on any atom is -0.491 e. The number of amides is 4. The molecule has 38 heavy (non-hydrogen) atoms. The molecule has 0 aliphatic carbocycles. The molecule has 1 fully saturated rings. The number of hydrogen-bond donors (Lipinski definition) is 3. The Kier molecular flexibility index (Phi) is 7.06. The summed E-state index contributed by atoms with van der Waals surface area (Å²) in [6.45, 7) is 9.82. The van der Waals surface area contributed by atoms with E-state index in [9.17, 15) is 19.5 Å². The molecule has 4 amide bonds. The zero-order valence-corrected chi connectivity index (χ0v) is 22.3. The Balaban J connectivity index is 1.38. The van der Waals surface area contributed by atoms with E-state index in [-0.39, 0.29) is 37.0 Å². The van der Waals surface area contributed by atoms with E-state index in [1.807, 2.05) is 39.0 Å². The average Bonchev–Trinajstić information content (AvgIpc) is 3.23. The highest BCUT2D eigenvalue weighted by atomic mass is 32.2. The second-order valence-electron chi connectivity index (χ2n) is 10.0. The second kappa shape index (κ2) is 10.3. The minimum atomic E-state index is -0.747. The molecule has 10 nitrogen and oxygen atoms in total. The van der Waals surface area contributed by atoms with Crippen LogP contribution >= 0.6 is 11.8 Å². The molecule has 0 spiro atoms. The van der Waals surface area contributed by atoms with E-state index < -0.39 is 23.4 Å². The first-order valence-electron chi connectivity index (χ1n) is 12.6. The number of aromatic nitrogens is 1.